The average Bonchev–Trinajstić information content (AvgIpc) is 2.37. The smallest absolute Gasteiger partial charge is 0.306 e. The van der Waals surface area contributed by atoms with Gasteiger partial charge in [-0.2, -0.15) is 0 Å². The van der Waals surface area contributed by atoms with Crippen molar-refractivity contribution in [1.29, 1.82) is 0 Å². The fourth-order valence-electron chi connectivity index (χ4n) is 3.70. The van der Waals surface area contributed by atoms with Crippen molar-refractivity contribution >= 4 is 5.97 Å². The Labute approximate surface area is 122 Å². The van der Waals surface area contributed by atoms with E-state index in [1.807, 2.05) is 0 Å². The average molecular weight is 283 g/mol. The Hall–Kier alpha value is -0.610. The second kappa shape index (κ2) is 6.44. The minimum atomic E-state index is -0.756. The highest BCUT2D eigenvalue weighted by molar-refractivity contribution is 5.67. The van der Waals surface area contributed by atoms with Crippen LogP contribution < -0.4 is 0 Å². The first kappa shape index (κ1) is 15.8. The van der Waals surface area contributed by atoms with Crippen molar-refractivity contribution in [2.75, 3.05) is 19.7 Å². The predicted octanol–water partition coefficient (Wildman–Crippen LogP) is 2.77. The molecular formula is C16H29NO3. The molecule has 20 heavy (non-hydrogen) atoms. The molecule has 1 N–H and O–H groups in total. The third-order valence-electron chi connectivity index (χ3n) is 5.01. The quantitative estimate of drug-likeness (QED) is 0.865. The number of morpholine rings is 1. The predicted molar refractivity (Wildman–Crippen MR) is 78.8 cm³/mol. The number of ether oxygens (including phenoxy) is 1. The summed E-state index contributed by atoms with van der Waals surface area (Å²) in [6, 6.07) is 0.633. The Balaban J connectivity index is 1.82. The highest BCUT2D eigenvalue weighted by atomic mass is 16.5. The molecule has 1 aliphatic carbocycles. The molecule has 116 valence electrons. The van der Waals surface area contributed by atoms with Gasteiger partial charge in [0.1, 0.15) is 0 Å². The van der Waals surface area contributed by atoms with Gasteiger partial charge in [-0.15, -0.1) is 0 Å². The molecule has 4 heteroatoms. The number of carboxylic acids is 1. The van der Waals surface area contributed by atoms with E-state index in [2.05, 4.69) is 25.7 Å². The van der Waals surface area contributed by atoms with Crippen LogP contribution in [0.1, 0.15) is 52.9 Å². The molecule has 0 aromatic carbocycles. The Bertz CT molecular complexity index is 329. The zero-order chi connectivity index (χ0) is 14.8. The molecule has 2 rings (SSSR count). The summed E-state index contributed by atoms with van der Waals surface area (Å²) in [7, 11) is 0. The Kier molecular flexibility index (Phi) is 5.08. The zero-order valence-electron chi connectivity index (χ0n) is 13.1. The molecule has 2 aliphatic rings. The first-order valence-corrected chi connectivity index (χ1v) is 7.93. The van der Waals surface area contributed by atoms with Crippen LogP contribution >= 0.6 is 0 Å². The number of rotatable bonds is 3. The van der Waals surface area contributed by atoms with Crippen LogP contribution in [0.3, 0.4) is 0 Å². The number of aliphatic carboxylic acids is 1. The van der Waals surface area contributed by atoms with Crippen molar-refractivity contribution in [3.8, 4) is 0 Å². The third kappa shape index (κ3) is 4.19. The lowest BCUT2D eigenvalue weighted by Crippen LogP contribution is -2.49. The second-order valence-electron chi connectivity index (χ2n) is 7.46. The van der Waals surface area contributed by atoms with E-state index in [4.69, 9.17) is 9.84 Å². The van der Waals surface area contributed by atoms with Crippen molar-refractivity contribution in [3.63, 3.8) is 0 Å². The topological polar surface area (TPSA) is 49.8 Å². The molecule has 2 fully saturated rings. The monoisotopic (exact) mass is 283 g/mol. The molecule has 0 aromatic heterocycles. The molecule has 1 atom stereocenters. The molecule has 0 bridgehead atoms. The Morgan fingerprint density at radius 1 is 1.25 bits per heavy atom. The summed E-state index contributed by atoms with van der Waals surface area (Å²) in [5, 5.41) is 8.89. The summed E-state index contributed by atoms with van der Waals surface area (Å²) in [4.78, 5) is 13.3. The molecule has 1 saturated carbocycles. The highest BCUT2D eigenvalue weighted by Gasteiger charge is 2.34. The standard InChI is InChI=1S/C16H29NO3/c1-16(2,3)12-4-6-13(7-5-12)17-8-9-20-14(11-17)10-15(18)19/h12-14H,4-11H2,1-3H3,(H,18,19). The maximum absolute atomic E-state index is 10.8. The minimum absolute atomic E-state index is 0.124. The number of hydrogen-bond acceptors (Lipinski definition) is 3. The largest absolute Gasteiger partial charge is 0.481 e. The van der Waals surface area contributed by atoms with Crippen molar-refractivity contribution in [3.05, 3.63) is 0 Å². The van der Waals surface area contributed by atoms with Gasteiger partial charge in [0.15, 0.2) is 0 Å². The van der Waals surface area contributed by atoms with Crippen LogP contribution in [0.5, 0.6) is 0 Å². The van der Waals surface area contributed by atoms with Gasteiger partial charge in [0.05, 0.1) is 19.1 Å². The maximum Gasteiger partial charge on any atom is 0.306 e. The van der Waals surface area contributed by atoms with Crippen LogP contribution in [-0.4, -0.2) is 47.8 Å². The molecule has 0 amide bonds. The van der Waals surface area contributed by atoms with E-state index in [0.29, 0.717) is 18.1 Å². The Morgan fingerprint density at radius 2 is 1.90 bits per heavy atom. The SMILES string of the molecule is CC(C)(C)C1CCC(N2CCOC(CC(=O)O)C2)CC1. The lowest BCUT2D eigenvalue weighted by atomic mass is 9.71. The van der Waals surface area contributed by atoms with Crippen molar-refractivity contribution in [1.82, 2.24) is 4.90 Å². The maximum atomic E-state index is 10.8. The summed E-state index contributed by atoms with van der Waals surface area (Å²) < 4.78 is 5.56. The van der Waals surface area contributed by atoms with E-state index in [9.17, 15) is 4.79 Å². The summed E-state index contributed by atoms with van der Waals surface area (Å²) >= 11 is 0. The molecule has 0 aromatic rings. The first-order valence-electron chi connectivity index (χ1n) is 7.93. The minimum Gasteiger partial charge on any atom is -0.481 e. The van der Waals surface area contributed by atoms with E-state index in [0.717, 1.165) is 19.0 Å². The summed E-state index contributed by atoms with van der Waals surface area (Å²) in [5.41, 5.74) is 0.418. The van der Waals surface area contributed by atoms with Crippen LogP contribution in [0.15, 0.2) is 0 Å². The van der Waals surface area contributed by atoms with Gasteiger partial charge in [0.2, 0.25) is 0 Å². The van der Waals surface area contributed by atoms with Crippen molar-refractivity contribution < 1.29 is 14.6 Å². The highest BCUT2D eigenvalue weighted by Crippen LogP contribution is 2.39. The first-order chi connectivity index (χ1) is 9.36. The van der Waals surface area contributed by atoms with Gasteiger partial charge in [-0.05, 0) is 37.0 Å². The summed E-state index contributed by atoms with van der Waals surface area (Å²) in [6.45, 7) is 9.45. The summed E-state index contributed by atoms with van der Waals surface area (Å²) in [6.07, 6.45) is 5.11. The lowest BCUT2D eigenvalue weighted by molar-refractivity contribution is -0.142. The molecule has 0 spiro atoms. The van der Waals surface area contributed by atoms with Gasteiger partial charge in [0.25, 0.3) is 0 Å². The van der Waals surface area contributed by atoms with Crippen LogP contribution in [-0.2, 0) is 9.53 Å². The molecule has 4 nitrogen and oxygen atoms in total. The fraction of sp³-hybridized carbons (Fsp3) is 0.938. The zero-order valence-corrected chi connectivity index (χ0v) is 13.1. The van der Waals surface area contributed by atoms with Gasteiger partial charge in [-0.25, -0.2) is 0 Å². The molecule has 0 radical (unpaired) electrons. The number of hydrogen-bond donors (Lipinski definition) is 1. The third-order valence-corrected chi connectivity index (χ3v) is 5.01. The van der Waals surface area contributed by atoms with Gasteiger partial charge < -0.3 is 9.84 Å². The normalized spacial score (nSPS) is 33.0. The number of nitrogens with zero attached hydrogens (tertiary/aromatic N) is 1. The van der Waals surface area contributed by atoms with Gasteiger partial charge in [-0.1, -0.05) is 20.8 Å². The van der Waals surface area contributed by atoms with Crippen LogP contribution in [0.25, 0.3) is 0 Å². The molecule has 1 aliphatic heterocycles. The number of carboxylic acid groups (broad SMARTS) is 1. The number of carbonyl (C=O) groups is 1. The van der Waals surface area contributed by atoms with Crippen LogP contribution in [0.4, 0.5) is 0 Å². The molecule has 1 unspecified atom stereocenters. The molecular weight excluding hydrogens is 254 g/mol. The van der Waals surface area contributed by atoms with E-state index in [-0.39, 0.29) is 12.5 Å². The van der Waals surface area contributed by atoms with Gasteiger partial charge in [0, 0.05) is 19.1 Å². The van der Waals surface area contributed by atoms with E-state index in [1.54, 1.807) is 0 Å². The van der Waals surface area contributed by atoms with E-state index >= 15 is 0 Å². The Morgan fingerprint density at radius 3 is 2.45 bits per heavy atom. The van der Waals surface area contributed by atoms with Gasteiger partial charge in [-0.3, -0.25) is 9.69 Å². The second-order valence-corrected chi connectivity index (χ2v) is 7.46. The van der Waals surface area contributed by atoms with Crippen LogP contribution in [0, 0.1) is 11.3 Å². The molecule has 1 saturated heterocycles. The summed E-state index contributed by atoms with van der Waals surface area (Å²) in [5.74, 6) is 0.0721. The molecule has 1 heterocycles. The van der Waals surface area contributed by atoms with Crippen molar-refractivity contribution in [2.24, 2.45) is 11.3 Å². The lowest BCUT2D eigenvalue weighted by Gasteiger charge is -2.43. The van der Waals surface area contributed by atoms with Crippen LogP contribution in [0.2, 0.25) is 0 Å². The van der Waals surface area contributed by atoms with E-state index < -0.39 is 5.97 Å². The van der Waals surface area contributed by atoms with E-state index in [1.165, 1.54) is 25.7 Å². The van der Waals surface area contributed by atoms with Crippen molar-refractivity contribution in [2.45, 2.75) is 65.0 Å². The fourth-order valence-corrected chi connectivity index (χ4v) is 3.70. The van der Waals surface area contributed by atoms with Gasteiger partial charge >= 0.3 is 5.97 Å².